The van der Waals surface area contributed by atoms with Gasteiger partial charge < -0.3 is 0 Å². The van der Waals surface area contributed by atoms with Crippen LogP contribution in [0.5, 0.6) is 0 Å². The van der Waals surface area contributed by atoms with E-state index in [9.17, 15) is 0 Å². The first-order valence-corrected chi connectivity index (χ1v) is 19.7. The molecule has 1 radical (unpaired) electrons. The highest BCUT2D eigenvalue weighted by atomic mass is 14.2. The SMILES string of the molecule is CCCCCCCCC([CH]Cc1ccc(CCCCC)c(CCCCC)c1)Cc1ccc(CCCCC)c(CCCCC)c1. The van der Waals surface area contributed by atoms with Crippen molar-refractivity contribution in [1.82, 2.24) is 0 Å². The van der Waals surface area contributed by atoms with E-state index < -0.39 is 0 Å². The van der Waals surface area contributed by atoms with E-state index in [4.69, 9.17) is 0 Å². The molecule has 1 unspecified atom stereocenters. The Hall–Kier alpha value is -1.56. The molecule has 0 aliphatic carbocycles. The summed E-state index contributed by atoms with van der Waals surface area (Å²) in [5.41, 5.74) is 9.66. The monoisotopic (exact) mass is 602 g/mol. The van der Waals surface area contributed by atoms with Crippen molar-refractivity contribution in [3.63, 3.8) is 0 Å². The first-order valence-electron chi connectivity index (χ1n) is 19.7. The maximum atomic E-state index is 2.71. The topological polar surface area (TPSA) is 0 Å². The van der Waals surface area contributed by atoms with Gasteiger partial charge in [-0.05, 0) is 116 Å². The molecule has 44 heavy (non-hydrogen) atoms. The van der Waals surface area contributed by atoms with Gasteiger partial charge in [-0.1, -0.05) is 161 Å². The Kier molecular flexibility index (Phi) is 22.5. The molecule has 0 heterocycles. The fraction of sp³-hybridized carbons (Fsp3) is 0.705. The van der Waals surface area contributed by atoms with Gasteiger partial charge in [0.25, 0.3) is 0 Å². The van der Waals surface area contributed by atoms with E-state index in [1.807, 2.05) is 0 Å². The Morgan fingerprint density at radius 1 is 0.432 bits per heavy atom. The van der Waals surface area contributed by atoms with E-state index in [0.717, 1.165) is 6.42 Å². The van der Waals surface area contributed by atoms with Gasteiger partial charge in [-0.3, -0.25) is 0 Å². The third-order valence-corrected chi connectivity index (χ3v) is 9.85. The molecule has 0 aliphatic rings. The van der Waals surface area contributed by atoms with Crippen molar-refractivity contribution in [3.05, 3.63) is 76.2 Å². The standard InChI is InChI=1S/C44H73/c1-6-11-16-17-18-23-24-38(35-40-32-34-42(26-20-13-8-3)44(37-40)28-22-15-10-5)29-30-39-31-33-41(25-19-12-7-2)43(36-39)27-21-14-9-4/h29,31-34,36-38H,6-28,30,35H2,1-5H3. The van der Waals surface area contributed by atoms with E-state index in [1.165, 1.54) is 160 Å². The summed E-state index contributed by atoms with van der Waals surface area (Å²) in [5, 5.41) is 0. The summed E-state index contributed by atoms with van der Waals surface area (Å²) < 4.78 is 0. The summed E-state index contributed by atoms with van der Waals surface area (Å²) in [4.78, 5) is 0. The van der Waals surface area contributed by atoms with E-state index >= 15 is 0 Å². The van der Waals surface area contributed by atoms with Crippen LogP contribution >= 0.6 is 0 Å². The maximum absolute atomic E-state index is 2.71. The predicted molar refractivity (Wildman–Crippen MR) is 199 cm³/mol. The Morgan fingerprint density at radius 3 is 1.36 bits per heavy atom. The number of benzene rings is 2. The lowest BCUT2D eigenvalue weighted by atomic mass is 9.86. The number of aryl methyl sites for hydroxylation is 4. The summed E-state index contributed by atoms with van der Waals surface area (Å²) in [7, 11) is 0. The summed E-state index contributed by atoms with van der Waals surface area (Å²) in [6, 6.07) is 15.2. The van der Waals surface area contributed by atoms with Crippen LogP contribution in [0.4, 0.5) is 0 Å². The second kappa shape index (κ2) is 25.6. The second-order valence-corrected chi connectivity index (χ2v) is 14.0. The molecule has 2 aromatic rings. The van der Waals surface area contributed by atoms with Gasteiger partial charge in [0, 0.05) is 0 Å². The summed E-state index contributed by atoms with van der Waals surface area (Å²) in [5.74, 6) is 0.670. The summed E-state index contributed by atoms with van der Waals surface area (Å²) in [6.45, 7) is 11.6. The van der Waals surface area contributed by atoms with Gasteiger partial charge in [-0.2, -0.15) is 0 Å². The average Bonchev–Trinajstić information content (AvgIpc) is 3.03. The van der Waals surface area contributed by atoms with Crippen LogP contribution < -0.4 is 0 Å². The van der Waals surface area contributed by atoms with Gasteiger partial charge in [0.15, 0.2) is 0 Å². The second-order valence-electron chi connectivity index (χ2n) is 14.0. The molecule has 0 N–H and O–H groups in total. The van der Waals surface area contributed by atoms with Crippen molar-refractivity contribution < 1.29 is 0 Å². The molecule has 0 aromatic heterocycles. The van der Waals surface area contributed by atoms with Crippen molar-refractivity contribution in [3.8, 4) is 0 Å². The van der Waals surface area contributed by atoms with Crippen LogP contribution in [0.3, 0.4) is 0 Å². The number of hydrogen-bond donors (Lipinski definition) is 0. The van der Waals surface area contributed by atoms with E-state index in [0.29, 0.717) is 5.92 Å². The fourth-order valence-electron chi connectivity index (χ4n) is 6.92. The number of unbranched alkanes of at least 4 members (excludes halogenated alkanes) is 13. The summed E-state index contributed by atoms with van der Waals surface area (Å²) >= 11 is 0. The number of hydrogen-bond acceptors (Lipinski definition) is 0. The smallest absolute Gasteiger partial charge is 0.0245 e. The maximum Gasteiger partial charge on any atom is -0.0245 e. The van der Waals surface area contributed by atoms with Crippen molar-refractivity contribution in [2.75, 3.05) is 0 Å². The first kappa shape index (κ1) is 38.6. The normalized spacial score (nSPS) is 12.2. The van der Waals surface area contributed by atoms with Crippen LogP contribution in [0, 0.1) is 12.3 Å². The minimum absolute atomic E-state index is 0.670. The fourth-order valence-corrected chi connectivity index (χ4v) is 6.92. The Bertz CT molecular complexity index is 953. The largest absolute Gasteiger partial charge is 0.0654 e. The molecule has 0 amide bonds. The van der Waals surface area contributed by atoms with Crippen molar-refractivity contribution in [2.24, 2.45) is 5.92 Å². The molecular weight excluding hydrogens is 528 g/mol. The van der Waals surface area contributed by atoms with Crippen LogP contribution in [-0.4, -0.2) is 0 Å². The molecule has 249 valence electrons. The highest BCUT2D eigenvalue weighted by Gasteiger charge is 2.14. The zero-order chi connectivity index (χ0) is 31.7. The Morgan fingerprint density at radius 2 is 0.841 bits per heavy atom. The van der Waals surface area contributed by atoms with Gasteiger partial charge in [0.2, 0.25) is 0 Å². The van der Waals surface area contributed by atoms with Crippen molar-refractivity contribution >= 4 is 0 Å². The minimum atomic E-state index is 0.670. The van der Waals surface area contributed by atoms with E-state index in [2.05, 4.69) is 77.4 Å². The molecule has 0 saturated carbocycles. The molecular formula is C44H73. The van der Waals surface area contributed by atoms with Gasteiger partial charge in [-0.15, -0.1) is 0 Å². The lowest BCUT2D eigenvalue weighted by Gasteiger charge is -2.19. The highest BCUT2D eigenvalue weighted by Crippen LogP contribution is 2.26. The van der Waals surface area contributed by atoms with Gasteiger partial charge in [0.1, 0.15) is 0 Å². The zero-order valence-electron chi connectivity index (χ0n) is 30.3. The minimum Gasteiger partial charge on any atom is -0.0654 e. The van der Waals surface area contributed by atoms with Gasteiger partial charge >= 0.3 is 0 Å². The molecule has 0 aliphatic heterocycles. The quantitative estimate of drug-likeness (QED) is 0.0851. The van der Waals surface area contributed by atoms with Crippen molar-refractivity contribution in [1.29, 1.82) is 0 Å². The van der Waals surface area contributed by atoms with Crippen LogP contribution in [0.1, 0.15) is 190 Å². The molecule has 0 spiro atoms. The van der Waals surface area contributed by atoms with E-state index in [1.54, 1.807) is 27.8 Å². The zero-order valence-corrected chi connectivity index (χ0v) is 30.3. The third-order valence-electron chi connectivity index (χ3n) is 9.85. The van der Waals surface area contributed by atoms with Gasteiger partial charge in [0.05, 0.1) is 0 Å². The molecule has 0 fully saturated rings. The van der Waals surface area contributed by atoms with E-state index in [-0.39, 0.29) is 0 Å². The van der Waals surface area contributed by atoms with Crippen LogP contribution in [-0.2, 0) is 38.5 Å². The van der Waals surface area contributed by atoms with Crippen LogP contribution in [0.2, 0.25) is 0 Å². The van der Waals surface area contributed by atoms with Gasteiger partial charge in [-0.25, -0.2) is 0 Å². The highest BCUT2D eigenvalue weighted by molar-refractivity contribution is 5.35. The first-order chi connectivity index (χ1) is 21.6. The molecule has 2 aromatic carbocycles. The lowest BCUT2D eigenvalue weighted by Crippen LogP contribution is -2.09. The lowest BCUT2D eigenvalue weighted by molar-refractivity contribution is 0.488. The summed E-state index contributed by atoms with van der Waals surface area (Å²) in [6.07, 6.45) is 35.7. The molecule has 0 saturated heterocycles. The Labute approximate surface area is 276 Å². The third kappa shape index (κ3) is 16.7. The molecule has 1 atom stereocenters. The average molecular weight is 602 g/mol. The Balaban J connectivity index is 2.15. The predicted octanol–water partition coefficient (Wildman–Crippen LogP) is 14.0. The molecule has 0 heteroatoms. The van der Waals surface area contributed by atoms with Crippen molar-refractivity contribution in [2.45, 2.75) is 195 Å². The molecule has 2 rings (SSSR count). The van der Waals surface area contributed by atoms with Crippen LogP contribution in [0.25, 0.3) is 0 Å². The van der Waals surface area contributed by atoms with Crippen LogP contribution in [0.15, 0.2) is 36.4 Å². The molecule has 0 bridgehead atoms. The molecule has 0 nitrogen and oxygen atoms in total. The number of rotatable bonds is 28.